The molecule has 24 heavy (non-hydrogen) atoms. The normalized spacial score (nSPS) is 14.8. The number of esters is 1. The summed E-state index contributed by atoms with van der Waals surface area (Å²) in [5, 5.41) is 0. The highest BCUT2D eigenvalue weighted by atomic mass is 35.5. The van der Waals surface area contributed by atoms with Gasteiger partial charge in [0.05, 0.1) is 6.61 Å². The third kappa shape index (κ3) is 6.89. The predicted octanol–water partition coefficient (Wildman–Crippen LogP) is 2.49. The molecule has 0 atom stereocenters. The van der Waals surface area contributed by atoms with E-state index in [0.29, 0.717) is 25.9 Å². The lowest BCUT2D eigenvalue weighted by Gasteiger charge is -2.34. The van der Waals surface area contributed by atoms with Crippen molar-refractivity contribution in [2.45, 2.75) is 32.7 Å². The number of benzene rings is 1. The smallest absolute Gasteiger partial charge is 0.305 e. The average molecular weight is 355 g/mol. The first-order valence-electron chi connectivity index (χ1n) is 8.38. The SMILES string of the molecule is CCOC(=O)CCCC(=O)N1CCN(Cc2ccccc2)CC1.Cl. The van der Waals surface area contributed by atoms with Crippen LogP contribution in [0, 0.1) is 0 Å². The molecule has 1 aliphatic rings. The molecule has 134 valence electrons. The van der Waals surface area contributed by atoms with Crippen LogP contribution in [0.4, 0.5) is 0 Å². The van der Waals surface area contributed by atoms with E-state index in [1.54, 1.807) is 6.92 Å². The van der Waals surface area contributed by atoms with Gasteiger partial charge >= 0.3 is 5.97 Å². The molecule has 1 heterocycles. The van der Waals surface area contributed by atoms with E-state index in [1.165, 1.54) is 5.56 Å². The Morgan fingerprint density at radius 3 is 2.33 bits per heavy atom. The molecule has 0 N–H and O–H groups in total. The average Bonchev–Trinajstić information content (AvgIpc) is 2.56. The summed E-state index contributed by atoms with van der Waals surface area (Å²) in [6.45, 7) is 6.47. The number of amides is 1. The highest BCUT2D eigenvalue weighted by Gasteiger charge is 2.20. The molecule has 0 spiro atoms. The van der Waals surface area contributed by atoms with Crippen molar-refractivity contribution in [3.05, 3.63) is 35.9 Å². The number of piperazine rings is 1. The maximum atomic E-state index is 12.2. The van der Waals surface area contributed by atoms with Gasteiger partial charge in [0.2, 0.25) is 5.91 Å². The van der Waals surface area contributed by atoms with E-state index < -0.39 is 0 Å². The van der Waals surface area contributed by atoms with Gasteiger partial charge in [-0.25, -0.2) is 0 Å². The number of nitrogens with zero attached hydrogens (tertiary/aromatic N) is 2. The molecule has 0 aromatic heterocycles. The summed E-state index contributed by atoms with van der Waals surface area (Å²) in [5.74, 6) is -0.0679. The van der Waals surface area contributed by atoms with Crippen molar-refractivity contribution in [1.82, 2.24) is 9.80 Å². The number of halogens is 1. The lowest BCUT2D eigenvalue weighted by atomic mass is 10.2. The largest absolute Gasteiger partial charge is 0.466 e. The highest BCUT2D eigenvalue weighted by molar-refractivity contribution is 5.85. The van der Waals surface area contributed by atoms with Crippen LogP contribution in [0.15, 0.2) is 30.3 Å². The number of rotatable bonds is 7. The first kappa shape index (κ1) is 20.5. The molecule has 0 radical (unpaired) electrons. The molecule has 1 aromatic carbocycles. The lowest BCUT2D eigenvalue weighted by Crippen LogP contribution is -2.48. The summed E-state index contributed by atoms with van der Waals surface area (Å²) < 4.78 is 4.87. The maximum Gasteiger partial charge on any atom is 0.305 e. The minimum atomic E-state index is -0.215. The molecule has 2 rings (SSSR count). The van der Waals surface area contributed by atoms with Crippen molar-refractivity contribution in [1.29, 1.82) is 0 Å². The Morgan fingerprint density at radius 1 is 1.04 bits per heavy atom. The first-order chi connectivity index (χ1) is 11.2. The van der Waals surface area contributed by atoms with E-state index in [-0.39, 0.29) is 24.3 Å². The van der Waals surface area contributed by atoms with Crippen LogP contribution in [0.1, 0.15) is 31.7 Å². The van der Waals surface area contributed by atoms with Crippen LogP contribution in [0.5, 0.6) is 0 Å². The Bertz CT molecular complexity index is 502. The monoisotopic (exact) mass is 354 g/mol. The minimum absolute atomic E-state index is 0. The molecule has 0 aliphatic carbocycles. The quantitative estimate of drug-likeness (QED) is 0.706. The molecule has 1 aliphatic heterocycles. The molecule has 0 unspecified atom stereocenters. The van der Waals surface area contributed by atoms with Crippen molar-refractivity contribution in [2.24, 2.45) is 0 Å². The summed E-state index contributed by atoms with van der Waals surface area (Å²) in [7, 11) is 0. The van der Waals surface area contributed by atoms with E-state index in [1.807, 2.05) is 11.0 Å². The number of ether oxygens (including phenoxy) is 1. The predicted molar refractivity (Wildman–Crippen MR) is 96.0 cm³/mol. The third-order valence-electron chi connectivity index (χ3n) is 4.05. The van der Waals surface area contributed by atoms with Gasteiger partial charge in [-0.1, -0.05) is 30.3 Å². The molecule has 1 aromatic rings. The first-order valence-corrected chi connectivity index (χ1v) is 8.38. The second kappa shape index (κ2) is 11.0. The van der Waals surface area contributed by atoms with E-state index in [0.717, 1.165) is 32.7 Å². The molecule has 0 saturated carbocycles. The Morgan fingerprint density at radius 2 is 1.71 bits per heavy atom. The maximum absolute atomic E-state index is 12.2. The van der Waals surface area contributed by atoms with Crippen LogP contribution in [-0.4, -0.2) is 54.5 Å². The Labute approximate surface area is 150 Å². The number of hydrogen-bond acceptors (Lipinski definition) is 4. The molecular weight excluding hydrogens is 328 g/mol. The van der Waals surface area contributed by atoms with Gasteiger partial charge in [0.1, 0.15) is 0 Å². The van der Waals surface area contributed by atoms with Gasteiger partial charge < -0.3 is 9.64 Å². The van der Waals surface area contributed by atoms with E-state index in [2.05, 4.69) is 29.2 Å². The Kier molecular flexibility index (Phi) is 9.42. The van der Waals surface area contributed by atoms with Gasteiger partial charge in [-0.2, -0.15) is 0 Å². The van der Waals surface area contributed by atoms with Crippen LogP contribution in [0.3, 0.4) is 0 Å². The lowest BCUT2D eigenvalue weighted by molar-refractivity contribution is -0.143. The van der Waals surface area contributed by atoms with Gasteiger partial charge in [0.25, 0.3) is 0 Å². The Balaban J connectivity index is 0.00000288. The summed E-state index contributed by atoms with van der Waals surface area (Å²) in [5.41, 5.74) is 1.31. The second-order valence-corrected chi connectivity index (χ2v) is 5.80. The van der Waals surface area contributed by atoms with E-state index >= 15 is 0 Å². The summed E-state index contributed by atoms with van der Waals surface area (Å²) in [6.07, 6.45) is 1.33. The number of carbonyl (C=O) groups excluding carboxylic acids is 2. The Hall–Kier alpha value is -1.59. The van der Waals surface area contributed by atoms with Crippen LogP contribution in [0.2, 0.25) is 0 Å². The zero-order valence-corrected chi connectivity index (χ0v) is 15.1. The van der Waals surface area contributed by atoms with Crippen molar-refractivity contribution in [2.75, 3.05) is 32.8 Å². The molecule has 5 nitrogen and oxygen atoms in total. The molecule has 1 saturated heterocycles. The fourth-order valence-electron chi connectivity index (χ4n) is 2.77. The summed E-state index contributed by atoms with van der Waals surface area (Å²) >= 11 is 0. The summed E-state index contributed by atoms with van der Waals surface area (Å²) in [6, 6.07) is 10.4. The molecule has 1 fully saturated rings. The minimum Gasteiger partial charge on any atom is -0.466 e. The van der Waals surface area contributed by atoms with Gasteiger partial charge in [-0.15, -0.1) is 12.4 Å². The number of carbonyl (C=O) groups is 2. The molecular formula is C18H27ClN2O3. The van der Waals surface area contributed by atoms with E-state index in [4.69, 9.17) is 4.74 Å². The molecule has 6 heteroatoms. The van der Waals surface area contributed by atoms with Crippen LogP contribution in [-0.2, 0) is 20.9 Å². The van der Waals surface area contributed by atoms with Gasteiger partial charge in [-0.3, -0.25) is 14.5 Å². The number of hydrogen-bond donors (Lipinski definition) is 0. The second-order valence-electron chi connectivity index (χ2n) is 5.80. The van der Waals surface area contributed by atoms with Crippen molar-refractivity contribution < 1.29 is 14.3 Å². The zero-order valence-electron chi connectivity index (χ0n) is 14.3. The standard InChI is InChI=1S/C18H26N2O3.ClH/c1-2-23-18(22)10-6-9-17(21)20-13-11-19(12-14-20)15-16-7-4-3-5-8-16;/h3-5,7-8H,2,6,9-15H2,1H3;1H. The fourth-order valence-corrected chi connectivity index (χ4v) is 2.77. The van der Waals surface area contributed by atoms with Crippen LogP contribution < -0.4 is 0 Å². The van der Waals surface area contributed by atoms with Gasteiger partial charge in [0.15, 0.2) is 0 Å². The van der Waals surface area contributed by atoms with Crippen molar-refractivity contribution in [3.8, 4) is 0 Å². The molecule has 0 bridgehead atoms. The topological polar surface area (TPSA) is 49.9 Å². The van der Waals surface area contributed by atoms with Gasteiger partial charge in [-0.05, 0) is 18.9 Å². The zero-order chi connectivity index (χ0) is 16.5. The summed E-state index contributed by atoms with van der Waals surface area (Å²) in [4.78, 5) is 27.7. The highest BCUT2D eigenvalue weighted by Crippen LogP contribution is 2.10. The van der Waals surface area contributed by atoms with Crippen molar-refractivity contribution >= 4 is 24.3 Å². The van der Waals surface area contributed by atoms with E-state index in [9.17, 15) is 9.59 Å². The van der Waals surface area contributed by atoms with Crippen LogP contribution >= 0.6 is 12.4 Å². The van der Waals surface area contributed by atoms with Gasteiger partial charge in [0, 0.05) is 45.6 Å². The van der Waals surface area contributed by atoms with Crippen molar-refractivity contribution in [3.63, 3.8) is 0 Å². The fraction of sp³-hybridized carbons (Fsp3) is 0.556. The van der Waals surface area contributed by atoms with Crippen LogP contribution in [0.25, 0.3) is 0 Å². The third-order valence-corrected chi connectivity index (χ3v) is 4.05. The molecule has 1 amide bonds.